The third kappa shape index (κ3) is 4.13. The molecule has 4 N–H and O–H groups in total. The number of amides is 1. The van der Waals surface area contributed by atoms with E-state index in [1.807, 2.05) is 18.2 Å². The maximum atomic E-state index is 14.2. The first-order valence-electron chi connectivity index (χ1n) is 10.0. The van der Waals surface area contributed by atoms with Crippen LogP contribution in [0.4, 0.5) is 13.2 Å². The molecule has 1 aliphatic heterocycles. The van der Waals surface area contributed by atoms with Gasteiger partial charge in [0.05, 0.1) is 0 Å². The van der Waals surface area contributed by atoms with Gasteiger partial charge in [-0.3, -0.25) is 9.69 Å². The Labute approximate surface area is 173 Å². The lowest BCUT2D eigenvalue weighted by Gasteiger charge is -2.34. The monoisotopic (exact) mass is 415 g/mol. The Hall–Kier alpha value is -2.64. The van der Waals surface area contributed by atoms with E-state index in [2.05, 4.69) is 4.90 Å². The molecule has 0 radical (unpaired) electrons. The van der Waals surface area contributed by atoms with Crippen LogP contribution in [0, 0.1) is 17.5 Å². The molecule has 1 heterocycles. The average molecular weight is 415 g/mol. The van der Waals surface area contributed by atoms with Crippen LogP contribution in [0.2, 0.25) is 0 Å². The van der Waals surface area contributed by atoms with Crippen molar-refractivity contribution in [1.29, 1.82) is 0 Å². The van der Waals surface area contributed by atoms with Crippen LogP contribution >= 0.6 is 0 Å². The number of carbonyl (C=O) groups excluding carboxylic acids is 1. The molecule has 0 saturated heterocycles. The molecular formula is C23H24F3N3O. The zero-order chi connectivity index (χ0) is 21.4. The summed E-state index contributed by atoms with van der Waals surface area (Å²) < 4.78 is 41.0. The van der Waals surface area contributed by atoms with Gasteiger partial charge < -0.3 is 11.5 Å². The Bertz CT molecular complexity index is 1020. The quantitative estimate of drug-likeness (QED) is 0.594. The van der Waals surface area contributed by atoms with E-state index in [1.54, 1.807) is 6.07 Å². The fourth-order valence-electron chi connectivity index (χ4n) is 4.50. The summed E-state index contributed by atoms with van der Waals surface area (Å²) in [5.74, 6) is -3.84. The number of halogens is 3. The maximum absolute atomic E-state index is 14.2. The fourth-order valence-corrected chi connectivity index (χ4v) is 4.50. The zero-order valence-electron chi connectivity index (χ0n) is 16.5. The second kappa shape index (κ2) is 8.24. The van der Waals surface area contributed by atoms with Crippen molar-refractivity contribution in [3.8, 4) is 0 Å². The average Bonchev–Trinajstić information content (AvgIpc) is 2.70. The number of hydrogen-bond acceptors (Lipinski definition) is 3. The van der Waals surface area contributed by atoms with Crippen LogP contribution in [0.25, 0.3) is 0 Å². The van der Waals surface area contributed by atoms with E-state index >= 15 is 0 Å². The highest BCUT2D eigenvalue weighted by Crippen LogP contribution is 2.34. The van der Waals surface area contributed by atoms with Crippen LogP contribution in [-0.4, -0.2) is 29.9 Å². The van der Waals surface area contributed by atoms with Crippen molar-refractivity contribution < 1.29 is 18.0 Å². The minimum Gasteiger partial charge on any atom is -0.366 e. The number of hydrogen-bond donors (Lipinski definition) is 2. The second-order valence-corrected chi connectivity index (χ2v) is 8.17. The number of benzene rings is 2. The van der Waals surface area contributed by atoms with E-state index in [4.69, 9.17) is 11.5 Å². The molecule has 0 fully saturated rings. The topological polar surface area (TPSA) is 72.4 Å². The van der Waals surface area contributed by atoms with Crippen molar-refractivity contribution in [2.24, 2.45) is 11.5 Å². The van der Waals surface area contributed by atoms with Gasteiger partial charge in [-0.25, -0.2) is 13.2 Å². The molecule has 7 heteroatoms. The van der Waals surface area contributed by atoms with Crippen molar-refractivity contribution in [1.82, 2.24) is 4.90 Å². The number of allylic oxidation sites excluding steroid dienone is 1. The smallest absolute Gasteiger partial charge is 0.248 e. The molecule has 4 rings (SSSR count). The van der Waals surface area contributed by atoms with Gasteiger partial charge in [0.1, 0.15) is 5.82 Å². The highest BCUT2D eigenvalue weighted by molar-refractivity contribution is 5.93. The van der Waals surface area contributed by atoms with E-state index in [0.29, 0.717) is 31.0 Å². The highest BCUT2D eigenvalue weighted by Gasteiger charge is 2.29. The van der Waals surface area contributed by atoms with Gasteiger partial charge >= 0.3 is 0 Å². The molecule has 0 aromatic heterocycles. The van der Waals surface area contributed by atoms with Crippen molar-refractivity contribution in [3.63, 3.8) is 0 Å². The third-order valence-corrected chi connectivity index (χ3v) is 6.12. The predicted molar refractivity (Wildman–Crippen MR) is 108 cm³/mol. The van der Waals surface area contributed by atoms with E-state index < -0.39 is 23.4 Å². The molecule has 0 spiro atoms. The SMILES string of the molecule is NC(=O)c1ccc2c(c1)CN(CC1=CC[C@@H](c3cc(F)c(F)cc3F)[C@H](N)C1)CC2. The van der Waals surface area contributed by atoms with Gasteiger partial charge in [-0.2, -0.15) is 0 Å². The first-order chi connectivity index (χ1) is 14.3. The number of rotatable bonds is 4. The minimum atomic E-state index is -1.19. The van der Waals surface area contributed by atoms with Gasteiger partial charge in [-0.05, 0) is 54.2 Å². The molecule has 0 unspecified atom stereocenters. The molecule has 2 aromatic rings. The Balaban J connectivity index is 1.45. The summed E-state index contributed by atoms with van der Waals surface area (Å²) in [7, 11) is 0. The minimum absolute atomic E-state index is 0.127. The summed E-state index contributed by atoms with van der Waals surface area (Å²) in [6, 6.07) is 6.71. The number of nitrogens with zero attached hydrogens (tertiary/aromatic N) is 1. The van der Waals surface area contributed by atoms with Crippen molar-refractivity contribution in [3.05, 3.63) is 81.7 Å². The molecule has 1 amide bonds. The Kier molecular flexibility index (Phi) is 5.66. The molecule has 0 bridgehead atoms. The number of primary amides is 1. The Morgan fingerprint density at radius 2 is 1.83 bits per heavy atom. The highest BCUT2D eigenvalue weighted by atomic mass is 19.2. The summed E-state index contributed by atoms with van der Waals surface area (Å²) in [5, 5.41) is 0. The van der Waals surface area contributed by atoms with Gasteiger partial charge in [-0.1, -0.05) is 17.7 Å². The molecule has 2 aromatic carbocycles. The normalized spacial score (nSPS) is 21.8. The number of carbonyl (C=O) groups is 1. The first kappa shape index (κ1) is 20.6. The molecule has 4 nitrogen and oxygen atoms in total. The zero-order valence-corrected chi connectivity index (χ0v) is 16.5. The van der Waals surface area contributed by atoms with E-state index in [0.717, 1.165) is 36.7 Å². The largest absolute Gasteiger partial charge is 0.366 e. The van der Waals surface area contributed by atoms with E-state index in [1.165, 1.54) is 5.56 Å². The molecule has 2 atom stereocenters. The van der Waals surface area contributed by atoms with E-state index in [-0.39, 0.29) is 17.5 Å². The third-order valence-electron chi connectivity index (χ3n) is 6.12. The summed E-state index contributed by atoms with van der Waals surface area (Å²) >= 11 is 0. The Morgan fingerprint density at radius 1 is 1.07 bits per heavy atom. The van der Waals surface area contributed by atoms with Gasteiger partial charge in [0.2, 0.25) is 5.91 Å². The van der Waals surface area contributed by atoms with Crippen LogP contribution in [0.5, 0.6) is 0 Å². The summed E-state index contributed by atoms with van der Waals surface area (Å²) in [5.41, 5.74) is 15.8. The molecule has 2 aliphatic rings. The fraction of sp³-hybridized carbons (Fsp3) is 0.348. The van der Waals surface area contributed by atoms with Gasteiger partial charge in [0.15, 0.2) is 11.6 Å². The van der Waals surface area contributed by atoms with Crippen molar-refractivity contribution in [2.75, 3.05) is 13.1 Å². The van der Waals surface area contributed by atoms with Crippen molar-refractivity contribution >= 4 is 5.91 Å². The molecule has 1 aliphatic carbocycles. The standard InChI is InChI=1S/C23H24F3N3O/c24-19-10-21(26)20(25)9-18(19)17-4-1-13(7-22(17)27)11-29-6-5-14-2-3-15(23(28)30)8-16(14)12-29/h1-3,8-10,17,22H,4-7,11-12,27H2,(H2,28,30)/t17-,22+/m0/s1. The van der Waals surface area contributed by atoms with Crippen LogP contribution < -0.4 is 11.5 Å². The van der Waals surface area contributed by atoms with Crippen LogP contribution in [0.1, 0.15) is 45.8 Å². The lowest BCUT2D eigenvalue weighted by atomic mass is 9.80. The Morgan fingerprint density at radius 3 is 2.57 bits per heavy atom. The summed E-state index contributed by atoms with van der Waals surface area (Å²) in [6.45, 7) is 2.32. The molecule has 0 saturated carbocycles. The second-order valence-electron chi connectivity index (χ2n) is 8.17. The number of nitrogens with two attached hydrogens (primary N) is 2. The lowest BCUT2D eigenvalue weighted by Crippen LogP contribution is -2.37. The van der Waals surface area contributed by atoms with Gasteiger partial charge in [0, 0.05) is 43.2 Å². The number of fused-ring (bicyclic) bond motifs is 1. The molecule has 30 heavy (non-hydrogen) atoms. The molecule has 158 valence electrons. The maximum Gasteiger partial charge on any atom is 0.248 e. The van der Waals surface area contributed by atoms with Crippen molar-refractivity contribution in [2.45, 2.75) is 37.8 Å². The summed E-state index contributed by atoms with van der Waals surface area (Å²) in [6.07, 6.45) is 3.96. The van der Waals surface area contributed by atoms with Crippen LogP contribution in [0.3, 0.4) is 0 Å². The van der Waals surface area contributed by atoms with Gasteiger partial charge in [-0.15, -0.1) is 0 Å². The van der Waals surface area contributed by atoms with Crippen LogP contribution in [0.15, 0.2) is 42.0 Å². The van der Waals surface area contributed by atoms with Gasteiger partial charge in [0.25, 0.3) is 0 Å². The summed E-state index contributed by atoms with van der Waals surface area (Å²) in [4.78, 5) is 13.7. The first-order valence-corrected chi connectivity index (χ1v) is 10.0. The lowest BCUT2D eigenvalue weighted by molar-refractivity contribution is 0.1000. The predicted octanol–water partition coefficient (Wildman–Crippen LogP) is 3.39. The van der Waals surface area contributed by atoms with Crippen LogP contribution in [-0.2, 0) is 13.0 Å². The van der Waals surface area contributed by atoms with E-state index in [9.17, 15) is 18.0 Å². The molecular weight excluding hydrogens is 391 g/mol.